The lowest BCUT2D eigenvalue weighted by molar-refractivity contribution is -0.141. The lowest BCUT2D eigenvalue weighted by Gasteiger charge is -2.12. The first-order valence-electron chi connectivity index (χ1n) is 4.20. The maximum absolute atomic E-state index is 10.8. The van der Waals surface area contributed by atoms with E-state index in [0.717, 1.165) is 12.8 Å². The van der Waals surface area contributed by atoms with Gasteiger partial charge in [-0.3, -0.25) is 4.79 Å². The third-order valence-electron chi connectivity index (χ3n) is 1.60. The average molecular weight is 208 g/mol. The summed E-state index contributed by atoms with van der Waals surface area (Å²) in [5.41, 5.74) is 0. The molecule has 0 aliphatic rings. The van der Waals surface area contributed by atoms with E-state index in [0.29, 0.717) is 6.42 Å². The Morgan fingerprint density at radius 2 is 2.15 bits per heavy atom. The van der Waals surface area contributed by atoms with Crippen LogP contribution >= 0.6 is 11.6 Å². The zero-order valence-electron chi connectivity index (χ0n) is 7.55. The van der Waals surface area contributed by atoms with Crippen LogP contribution in [0.2, 0.25) is 0 Å². The summed E-state index contributed by atoms with van der Waals surface area (Å²) in [6, 6.07) is -0.800. The molecule has 0 aliphatic heterocycles. The highest BCUT2D eigenvalue weighted by molar-refractivity contribution is 6.27. The van der Waals surface area contributed by atoms with Crippen LogP contribution in [-0.4, -0.2) is 28.9 Å². The van der Waals surface area contributed by atoms with Crippen LogP contribution in [0.4, 0.5) is 0 Å². The van der Waals surface area contributed by atoms with Gasteiger partial charge in [0.1, 0.15) is 11.9 Å². The molecule has 0 unspecified atom stereocenters. The van der Waals surface area contributed by atoms with Gasteiger partial charge >= 0.3 is 5.97 Å². The number of unbranched alkanes of at least 4 members (excludes halogenated alkanes) is 1. The normalized spacial score (nSPS) is 12.2. The number of halogens is 1. The number of carboxylic acids is 1. The van der Waals surface area contributed by atoms with Crippen molar-refractivity contribution in [1.29, 1.82) is 0 Å². The second-order valence-corrected chi connectivity index (χ2v) is 3.00. The average Bonchev–Trinajstić information content (AvgIpc) is 2.11. The summed E-state index contributed by atoms with van der Waals surface area (Å²) < 4.78 is 0. The summed E-state index contributed by atoms with van der Waals surface area (Å²) in [6.07, 6.45) is 2.13. The van der Waals surface area contributed by atoms with E-state index in [2.05, 4.69) is 5.32 Å². The zero-order chi connectivity index (χ0) is 10.3. The topological polar surface area (TPSA) is 66.4 Å². The van der Waals surface area contributed by atoms with Crippen LogP contribution in [0.3, 0.4) is 0 Å². The maximum Gasteiger partial charge on any atom is 0.326 e. The molecule has 0 aromatic carbocycles. The standard InChI is InChI=1S/C8H14ClNO3/c1-2-3-4-6(8(12)13)10-7(11)5-9/h6H,2-5H2,1H3,(H,10,11)(H,12,13)/t6-/m0/s1. The molecule has 4 nitrogen and oxygen atoms in total. The predicted octanol–water partition coefficient (Wildman–Crippen LogP) is 0.985. The van der Waals surface area contributed by atoms with Gasteiger partial charge in [-0.05, 0) is 6.42 Å². The summed E-state index contributed by atoms with van der Waals surface area (Å²) in [6.45, 7) is 1.96. The molecule has 5 heteroatoms. The SMILES string of the molecule is CCCC[C@H](NC(=O)CCl)C(=O)O. The molecule has 76 valence electrons. The van der Waals surface area contributed by atoms with Gasteiger partial charge in [0.2, 0.25) is 5.91 Å². The minimum atomic E-state index is -1.01. The minimum absolute atomic E-state index is 0.199. The molecule has 0 saturated carbocycles. The monoisotopic (exact) mass is 207 g/mol. The number of aliphatic carboxylic acids is 1. The van der Waals surface area contributed by atoms with Gasteiger partial charge in [0, 0.05) is 0 Å². The van der Waals surface area contributed by atoms with Crippen molar-refractivity contribution in [3.05, 3.63) is 0 Å². The Balaban J connectivity index is 3.94. The van der Waals surface area contributed by atoms with Gasteiger partial charge in [-0.2, -0.15) is 0 Å². The number of rotatable bonds is 6. The van der Waals surface area contributed by atoms with Crippen LogP contribution in [0.25, 0.3) is 0 Å². The minimum Gasteiger partial charge on any atom is -0.480 e. The van der Waals surface area contributed by atoms with Crippen LogP contribution in [0.15, 0.2) is 0 Å². The van der Waals surface area contributed by atoms with E-state index in [9.17, 15) is 9.59 Å². The molecule has 0 aliphatic carbocycles. The summed E-state index contributed by atoms with van der Waals surface area (Å²) in [7, 11) is 0. The summed E-state index contributed by atoms with van der Waals surface area (Å²) in [5, 5.41) is 11.0. The van der Waals surface area contributed by atoms with Crippen molar-refractivity contribution in [3.63, 3.8) is 0 Å². The molecule has 2 N–H and O–H groups in total. The molecule has 1 amide bonds. The van der Waals surface area contributed by atoms with Crippen molar-refractivity contribution in [3.8, 4) is 0 Å². The van der Waals surface area contributed by atoms with Crippen LogP contribution in [0.5, 0.6) is 0 Å². The number of carboxylic acid groups (broad SMARTS) is 1. The van der Waals surface area contributed by atoms with Crippen molar-refractivity contribution in [2.24, 2.45) is 0 Å². The quantitative estimate of drug-likeness (QED) is 0.639. The van der Waals surface area contributed by atoms with Gasteiger partial charge in [-0.15, -0.1) is 11.6 Å². The molecule has 0 aromatic rings. The molecule has 0 heterocycles. The molecular weight excluding hydrogens is 194 g/mol. The van der Waals surface area contributed by atoms with E-state index in [1.165, 1.54) is 0 Å². The van der Waals surface area contributed by atoms with Crippen molar-refractivity contribution < 1.29 is 14.7 Å². The van der Waals surface area contributed by atoms with Crippen LogP contribution in [0, 0.1) is 0 Å². The van der Waals surface area contributed by atoms with Gasteiger partial charge < -0.3 is 10.4 Å². The first-order valence-corrected chi connectivity index (χ1v) is 4.73. The van der Waals surface area contributed by atoms with Crippen molar-refractivity contribution in [2.45, 2.75) is 32.2 Å². The highest BCUT2D eigenvalue weighted by atomic mass is 35.5. The molecule has 0 bridgehead atoms. The summed E-state index contributed by atoms with van der Waals surface area (Å²) in [4.78, 5) is 21.4. The second-order valence-electron chi connectivity index (χ2n) is 2.73. The molecule has 13 heavy (non-hydrogen) atoms. The molecular formula is C8H14ClNO3. The Morgan fingerprint density at radius 1 is 1.54 bits per heavy atom. The van der Waals surface area contributed by atoms with Gasteiger partial charge in [-0.1, -0.05) is 19.8 Å². The molecule has 0 rings (SSSR count). The third kappa shape index (κ3) is 5.47. The fraction of sp³-hybridized carbons (Fsp3) is 0.750. The Morgan fingerprint density at radius 3 is 2.54 bits per heavy atom. The van der Waals surface area contributed by atoms with E-state index < -0.39 is 17.9 Å². The number of hydrogen-bond acceptors (Lipinski definition) is 2. The zero-order valence-corrected chi connectivity index (χ0v) is 8.30. The second kappa shape index (κ2) is 6.71. The lowest BCUT2D eigenvalue weighted by Crippen LogP contribution is -2.41. The first kappa shape index (κ1) is 12.2. The van der Waals surface area contributed by atoms with Gasteiger partial charge in [0.25, 0.3) is 0 Å². The fourth-order valence-corrected chi connectivity index (χ4v) is 0.976. The predicted molar refractivity (Wildman–Crippen MR) is 49.8 cm³/mol. The number of hydrogen-bond donors (Lipinski definition) is 2. The van der Waals surface area contributed by atoms with Crippen molar-refractivity contribution in [2.75, 3.05) is 5.88 Å². The maximum atomic E-state index is 10.8. The number of carbonyl (C=O) groups is 2. The van der Waals surface area contributed by atoms with Gasteiger partial charge in [0.05, 0.1) is 0 Å². The highest BCUT2D eigenvalue weighted by Gasteiger charge is 2.18. The molecule has 0 fully saturated rings. The molecule has 0 spiro atoms. The summed E-state index contributed by atoms with van der Waals surface area (Å²) >= 11 is 5.23. The van der Waals surface area contributed by atoms with E-state index in [4.69, 9.17) is 16.7 Å². The molecule has 0 radical (unpaired) electrons. The Hall–Kier alpha value is -0.770. The first-order chi connectivity index (χ1) is 6.11. The largest absolute Gasteiger partial charge is 0.480 e. The van der Waals surface area contributed by atoms with Crippen molar-refractivity contribution in [1.82, 2.24) is 5.32 Å². The van der Waals surface area contributed by atoms with Crippen LogP contribution < -0.4 is 5.32 Å². The highest BCUT2D eigenvalue weighted by Crippen LogP contribution is 2.00. The van der Waals surface area contributed by atoms with Crippen LogP contribution in [0.1, 0.15) is 26.2 Å². The van der Waals surface area contributed by atoms with E-state index in [1.54, 1.807) is 0 Å². The molecule has 0 aromatic heterocycles. The van der Waals surface area contributed by atoms with E-state index >= 15 is 0 Å². The van der Waals surface area contributed by atoms with Crippen LogP contribution in [-0.2, 0) is 9.59 Å². The number of amides is 1. The molecule has 0 saturated heterocycles. The molecule has 1 atom stereocenters. The fourth-order valence-electron chi connectivity index (χ4n) is 0.899. The van der Waals surface area contributed by atoms with E-state index in [-0.39, 0.29) is 5.88 Å². The van der Waals surface area contributed by atoms with E-state index in [1.807, 2.05) is 6.92 Å². The Kier molecular flexibility index (Phi) is 6.32. The smallest absolute Gasteiger partial charge is 0.326 e. The van der Waals surface area contributed by atoms with Crippen molar-refractivity contribution >= 4 is 23.5 Å². The van der Waals surface area contributed by atoms with Gasteiger partial charge in [0.15, 0.2) is 0 Å². The van der Waals surface area contributed by atoms with Gasteiger partial charge in [-0.25, -0.2) is 4.79 Å². The number of nitrogens with one attached hydrogen (secondary N) is 1. The lowest BCUT2D eigenvalue weighted by atomic mass is 10.1. The Labute approximate surface area is 82.3 Å². The summed E-state index contributed by atoms with van der Waals surface area (Å²) in [5.74, 6) is -1.65. The number of carbonyl (C=O) groups excluding carboxylic acids is 1. The number of alkyl halides is 1. The third-order valence-corrected chi connectivity index (χ3v) is 1.84. The Bertz CT molecular complexity index is 184.